The molecule has 36 heavy (non-hydrogen) atoms. The third kappa shape index (κ3) is 4.41. The van der Waals surface area contributed by atoms with Crippen LogP contribution in [0.2, 0.25) is 0 Å². The van der Waals surface area contributed by atoms with Crippen LogP contribution in [0, 0.1) is 0 Å². The van der Waals surface area contributed by atoms with Crippen LogP contribution in [0.15, 0.2) is 47.5 Å². The standard InChI is InChI=1S/C21H18F6N6O3/c1-3-19(8-9-33(17(19)34)18(35)21(25,26)27)16-30-29-15(36-16)13-10-32(2)31-14(13)28-12-6-4-11(5-7-12)20(22,23)24/h3-7,10,18,35H,1,8-9H2,2H3,(H,28,31). The molecule has 0 aliphatic carbocycles. The van der Waals surface area contributed by atoms with Gasteiger partial charge in [-0.2, -0.15) is 31.4 Å². The zero-order valence-electron chi connectivity index (χ0n) is 18.4. The number of anilines is 2. The number of carbonyl (C=O) groups excluding carboxylic acids is 1. The third-order valence-corrected chi connectivity index (χ3v) is 5.67. The molecule has 1 aliphatic heterocycles. The number of hydrogen-bond donors (Lipinski definition) is 2. The summed E-state index contributed by atoms with van der Waals surface area (Å²) in [4.78, 5) is 13.1. The molecule has 4 rings (SSSR count). The van der Waals surface area contributed by atoms with E-state index in [9.17, 15) is 36.2 Å². The first-order valence-corrected chi connectivity index (χ1v) is 10.3. The highest BCUT2D eigenvalue weighted by atomic mass is 19.4. The average molecular weight is 516 g/mol. The number of likely N-dealkylation sites (tertiary alicyclic amines) is 1. The number of nitrogens with one attached hydrogen (secondary N) is 1. The van der Waals surface area contributed by atoms with Crippen LogP contribution >= 0.6 is 0 Å². The molecule has 15 heteroatoms. The van der Waals surface area contributed by atoms with Gasteiger partial charge in [0.25, 0.3) is 5.89 Å². The second-order valence-corrected chi connectivity index (χ2v) is 8.02. The van der Waals surface area contributed by atoms with Gasteiger partial charge >= 0.3 is 12.4 Å². The predicted octanol–water partition coefficient (Wildman–Crippen LogP) is 3.77. The molecule has 1 aromatic carbocycles. The van der Waals surface area contributed by atoms with Crippen LogP contribution in [0.5, 0.6) is 0 Å². The Morgan fingerprint density at radius 3 is 2.44 bits per heavy atom. The molecule has 3 aromatic rings. The Hall–Kier alpha value is -3.88. The second kappa shape index (κ2) is 8.65. The molecule has 0 saturated carbocycles. The van der Waals surface area contributed by atoms with E-state index in [0.29, 0.717) is 0 Å². The zero-order chi connectivity index (χ0) is 26.5. The van der Waals surface area contributed by atoms with Crippen LogP contribution in [-0.4, -0.2) is 54.8 Å². The first-order chi connectivity index (χ1) is 16.8. The average Bonchev–Trinajstić information content (AvgIpc) is 3.50. The number of hydrogen-bond acceptors (Lipinski definition) is 7. The molecule has 0 spiro atoms. The van der Waals surface area contributed by atoms with Gasteiger partial charge in [0.1, 0.15) is 11.0 Å². The lowest BCUT2D eigenvalue weighted by molar-refractivity contribution is -0.245. The summed E-state index contributed by atoms with van der Waals surface area (Å²) in [5, 5.41) is 24.3. The molecule has 192 valence electrons. The number of aliphatic hydroxyl groups is 1. The summed E-state index contributed by atoms with van der Waals surface area (Å²) in [7, 11) is 1.56. The number of aromatic nitrogens is 4. The molecule has 0 radical (unpaired) electrons. The van der Waals surface area contributed by atoms with Crippen molar-refractivity contribution in [1.82, 2.24) is 24.9 Å². The molecule has 1 amide bonds. The summed E-state index contributed by atoms with van der Waals surface area (Å²) in [5.41, 5.74) is -2.14. The lowest BCUT2D eigenvalue weighted by atomic mass is 9.86. The molecule has 9 nitrogen and oxygen atoms in total. The smallest absolute Gasteiger partial charge is 0.419 e. The summed E-state index contributed by atoms with van der Waals surface area (Å²) < 4.78 is 84.4. The number of aryl methyl sites for hydroxylation is 1. The Labute approximate surface area is 199 Å². The van der Waals surface area contributed by atoms with Gasteiger partial charge in [-0.1, -0.05) is 6.08 Å². The summed E-state index contributed by atoms with van der Waals surface area (Å²) >= 11 is 0. The van der Waals surface area contributed by atoms with Crippen molar-refractivity contribution >= 4 is 17.4 Å². The zero-order valence-corrected chi connectivity index (χ0v) is 18.4. The lowest BCUT2D eigenvalue weighted by Gasteiger charge is -2.26. The topological polar surface area (TPSA) is 109 Å². The second-order valence-electron chi connectivity index (χ2n) is 8.02. The number of carbonyl (C=O) groups is 1. The van der Waals surface area contributed by atoms with Gasteiger partial charge in [0.05, 0.1) is 5.56 Å². The number of aliphatic hydroxyl groups excluding tert-OH is 1. The predicted molar refractivity (Wildman–Crippen MR) is 111 cm³/mol. The van der Waals surface area contributed by atoms with E-state index in [1.807, 2.05) is 0 Å². The summed E-state index contributed by atoms with van der Waals surface area (Å²) in [6.45, 7) is 3.10. The van der Waals surface area contributed by atoms with E-state index in [2.05, 4.69) is 27.2 Å². The van der Waals surface area contributed by atoms with Crippen LogP contribution in [0.4, 0.5) is 37.8 Å². The van der Waals surface area contributed by atoms with Gasteiger partial charge in [-0.15, -0.1) is 16.8 Å². The maximum Gasteiger partial charge on any atom is 0.433 e. The minimum absolute atomic E-state index is 0.131. The Bertz CT molecular complexity index is 1280. The first-order valence-electron chi connectivity index (χ1n) is 10.3. The van der Waals surface area contributed by atoms with Crippen LogP contribution in [-0.2, 0) is 23.4 Å². The van der Waals surface area contributed by atoms with Crippen molar-refractivity contribution in [3.05, 3.63) is 54.6 Å². The van der Waals surface area contributed by atoms with Crippen LogP contribution in [0.3, 0.4) is 0 Å². The largest absolute Gasteiger partial charge is 0.433 e. The van der Waals surface area contributed by atoms with Crippen LogP contribution in [0.25, 0.3) is 11.5 Å². The minimum atomic E-state index is -5.05. The molecule has 2 N–H and O–H groups in total. The Balaban J connectivity index is 1.62. The summed E-state index contributed by atoms with van der Waals surface area (Å²) in [6.07, 6.45) is -10.2. The maximum absolute atomic E-state index is 13.0. The number of alkyl halides is 6. The molecule has 2 atom stereocenters. The minimum Gasteiger partial charge on any atom is -0.419 e. The molecule has 1 aliphatic rings. The van der Waals surface area contributed by atoms with Crippen LogP contribution in [0.1, 0.15) is 17.9 Å². The molecule has 2 aromatic heterocycles. The Morgan fingerprint density at radius 2 is 1.86 bits per heavy atom. The van der Waals surface area contributed by atoms with E-state index in [4.69, 9.17) is 4.42 Å². The quantitative estimate of drug-likeness (QED) is 0.379. The van der Waals surface area contributed by atoms with Crippen molar-refractivity contribution in [3.63, 3.8) is 0 Å². The third-order valence-electron chi connectivity index (χ3n) is 5.67. The van der Waals surface area contributed by atoms with Gasteiger partial charge < -0.3 is 19.7 Å². The molecular weight excluding hydrogens is 498 g/mol. The molecule has 0 bridgehead atoms. The van der Waals surface area contributed by atoms with Crippen molar-refractivity contribution in [1.29, 1.82) is 0 Å². The number of halogens is 6. The fraction of sp³-hybridized carbons (Fsp3) is 0.333. The number of rotatable bonds is 6. The summed E-state index contributed by atoms with van der Waals surface area (Å²) in [5.74, 6) is -1.46. The van der Waals surface area contributed by atoms with Gasteiger partial charge in [-0.3, -0.25) is 9.48 Å². The normalized spacial score (nSPS) is 19.6. The van der Waals surface area contributed by atoms with E-state index in [1.165, 1.54) is 23.0 Å². The van der Waals surface area contributed by atoms with E-state index in [0.717, 1.165) is 18.2 Å². The van der Waals surface area contributed by atoms with Gasteiger partial charge in [0.2, 0.25) is 18.0 Å². The van der Waals surface area contributed by atoms with Crippen molar-refractivity contribution in [2.75, 3.05) is 11.9 Å². The molecule has 1 fully saturated rings. The van der Waals surface area contributed by atoms with E-state index >= 15 is 0 Å². The molecule has 2 unspecified atom stereocenters. The highest BCUT2D eigenvalue weighted by molar-refractivity contribution is 5.91. The van der Waals surface area contributed by atoms with E-state index in [1.54, 1.807) is 7.05 Å². The van der Waals surface area contributed by atoms with Crippen molar-refractivity contribution < 1.29 is 40.7 Å². The highest BCUT2D eigenvalue weighted by Crippen LogP contribution is 2.41. The number of benzene rings is 1. The molecule has 3 heterocycles. The van der Waals surface area contributed by atoms with Crippen molar-refractivity contribution in [2.24, 2.45) is 7.05 Å². The lowest BCUT2D eigenvalue weighted by Crippen LogP contribution is -2.49. The Morgan fingerprint density at radius 1 is 1.19 bits per heavy atom. The van der Waals surface area contributed by atoms with Gasteiger partial charge in [-0.25, -0.2) is 0 Å². The van der Waals surface area contributed by atoms with E-state index < -0.39 is 42.0 Å². The fourth-order valence-corrected chi connectivity index (χ4v) is 3.78. The van der Waals surface area contributed by atoms with E-state index in [-0.39, 0.29) is 40.2 Å². The molecular formula is C21H18F6N6O3. The monoisotopic (exact) mass is 516 g/mol. The highest BCUT2D eigenvalue weighted by Gasteiger charge is 2.56. The number of nitrogens with zero attached hydrogens (tertiary/aromatic N) is 5. The fourth-order valence-electron chi connectivity index (χ4n) is 3.78. The van der Waals surface area contributed by atoms with Crippen molar-refractivity contribution in [3.8, 4) is 11.5 Å². The van der Waals surface area contributed by atoms with Crippen LogP contribution < -0.4 is 5.32 Å². The first kappa shape index (κ1) is 25.2. The Kier molecular flexibility index (Phi) is 6.06. The van der Waals surface area contributed by atoms with Gasteiger partial charge in [0, 0.05) is 25.5 Å². The SMILES string of the molecule is C=CC1(c2nnc(-c3cn(C)nc3Nc3ccc(C(F)(F)F)cc3)o2)CCN(C(O)C(F)(F)F)C1=O. The molecule has 1 saturated heterocycles. The number of amides is 1. The van der Waals surface area contributed by atoms with Crippen molar-refractivity contribution in [2.45, 2.75) is 30.4 Å². The van der Waals surface area contributed by atoms with Gasteiger partial charge in [0.15, 0.2) is 5.82 Å². The maximum atomic E-state index is 13.0. The summed E-state index contributed by atoms with van der Waals surface area (Å²) in [6, 6.07) is 4.17. The van der Waals surface area contributed by atoms with Gasteiger partial charge in [-0.05, 0) is 30.7 Å².